The minimum absolute atomic E-state index is 0.0389. The molecule has 3 atom stereocenters. The van der Waals surface area contributed by atoms with Crippen LogP contribution >= 0.6 is 11.8 Å². The Hall–Kier alpha value is -2.00. The van der Waals surface area contributed by atoms with Gasteiger partial charge < -0.3 is 35.5 Å². The van der Waals surface area contributed by atoms with E-state index in [1.54, 1.807) is 0 Å². The Labute approximate surface area is 206 Å². The van der Waals surface area contributed by atoms with Crippen LogP contribution in [0.15, 0.2) is 0 Å². The van der Waals surface area contributed by atoms with Gasteiger partial charge in [0, 0.05) is 43.4 Å². The molecule has 0 bridgehead atoms. The monoisotopic (exact) mass is 498 g/mol. The molecule has 0 spiro atoms. The van der Waals surface area contributed by atoms with Gasteiger partial charge in [0.2, 0.25) is 11.8 Å². The largest absolute Gasteiger partial charge is 0.377 e. The first-order valence-electron chi connectivity index (χ1n) is 12.0. The summed E-state index contributed by atoms with van der Waals surface area (Å²) in [5.41, 5.74) is 0. The van der Waals surface area contributed by atoms with Crippen molar-refractivity contribution in [2.24, 2.45) is 0 Å². The van der Waals surface area contributed by atoms with Gasteiger partial charge in [0.15, 0.2) is 0 Å². The number of fused-ring (bicyclic) bond motifs is 1. The molecule has 0 radical (unpaired) electrons. The Morgan fingerprint density at radius 2 is 1.56 bits per heavy atom. The van der Waals surface area contributed by atoms with Gasteiger partial charge in [-0.05, 0) is 12.8 Å². The van der Waals surface area contributed by atoms with E-state index >= 15 is 0 Å². The Kier molecular flexibility index (Phi) is 14.5. The third-order valence-corrected chi connectivity index (χ3v) is 6.97. The number of amides is 4. The Balaban J connectivity index is 1.29. The van der Waals surface area contributed by atoms with Crippen molar-refractivity contribution in [3.8, 4) is 12.3 Å². The number of hydrogen-bond donors (Lipinski definition) is 4. The maximum Gasteiger partial charge on any atom is 0.315 e. The smallest absolute Gasteiger partial charge is 0.315 e. The van der Waals surface area contributed by atoms with Gasteiger partial charge in [0.1, 0.15) is 0 Å². The molecule has 0 aromatic carbocycles. The number of urea groups is 1. The number of carbonyl (C=O) groups excluding carboxylic acids is 3. The standard InChI is InChI=1S/C23H38N4O6S/c1-2-3-7-20(28)24-9-11-31-13-15-33-16-14-32-12-10-25-21(29)8-5-4-6-19-22-18(17-34-19)26-23(30)27-22/h1,18-19,22H,3-17H2,(H,24,28)(H,25,29)(H2,26,27,30)/t18-,19-,22-/m0/s1. The maximum absolute atomic E-state index is 11.9. The Morgan fingerprint density at radius 1 is 0.941 bits per heavy atom. The van der Waals surface area contributed by atoms with Crippen molar-refractivity contribution in [1.82, 2.24) is 21.3 Å². The van der Waals surface area contributed by atoms with E-state index in [9.17, 15) is 14.4 Å². The summed E-state index contributed by atoms with van der Waals surface area (Å²) in [6.45, 7) is 3.62. The van der Waals surface area contributed by atoms with Crippen molar-refractivity contribution in [3.63, 3.8) is 0 Å². The highest BCUT2D eigenvalue weighted by Crippen LogP contribution is 2.33. The summed E-state index contributed by atoms with van der Waals surface area (Å²) < 4.78 is 16.2. The summed E-state index contributed by atoms with van der Waals surface area (Å²) in [4.78, 5) is 34.6. The summed E-state index contributed by atoms with van der Waals surface area (Å²) in [5.74, 6) is 3.36. The van der Waals surface area contributed by atoms with Crippen molar-refractivity contribution >= 4 is 29.6 Å². The van der Waals surface area contributed by atoms with E-state index in [1.165, 1.54) is 0 Å². The third-order valence-electron chi connectivity index (χ3n) is 5.46. The minimum Gasteiger partial charge on any atom is -0.377 e. The average molecular weight is 499 g/mol. The topological polar surface area (TPSA) is 127 Å². The number of carbonyl (C=O) groups is 3. The van der Waals surface area contributed by atoms with Crippen LogP contribution < -0.4 is 21.3 Å². The quantitative estimate of drug-likeness (QED) is 0.115. The van der Waals surface area contributed by atoms with Crippen molar-refractivity contribution < 1.29 is 28.6 Å². The molecule has 192 valence electrons. The molecule has 0 aliphatic carbocycles. The van der Waals surface area contributed by atoms with E-state index < -0.39 is 0 Å². The van der Waals surface area contributed by atoms with Gasteiger partial charge in [-0.2, -0.15) is 11.8 Å². The fraction of sp³-hybridized carbons (Fsp3) is 0.783. The van der Waals surface area contributed by atoms with Crippen LogP contribution in [0.2, 0.25) is 0 Å². The fourth-order valence-corrected chi connectivity index (χ4v) is 5.25. The second-order valence-corrected chi connectivity index (χ2v) is 9.38. The summed E-state index contributed by atoms with van der Waals surface area (Å²) in [6.07, 6.45) is 9.22. The number of rotatable bonds is 19. The molecule has 2 rings (SSSR count). The minimum atomic E-state index is -0.0677. The zero-order chi connectivity index (χ0) is 24.4. The van der Waals surface area contributed by atoms with Crippen molar-refractivity contribution in [3.05, 3.63) is 0 Å². The van der Waals surface area contributed by atoms with E-state index in [1.807, 2.05) is 11.8 Å². The number of ether oxygens (including phenoxy) is 3. The normalized spacial score (nSPS) is 20.8. The molecule has 10 nitrogen and oxygen atoms in total. The summed E-state index contributed by atoms with van der Waals surface area (Å²) in [6, 6.07) is 0.415. The van der Waals surface area contributed by atoms with Crippen molar-refractivity contribution in [1.29, 1.82) is 0 Å². The molecule has 34 heavy (non-hydrogen) atoms. The van der Waals surface area contributed by atoms with Gasteiger partial charge in [-0.25, -0.2) is 4.79 Å². The molecular weight excluding hydrogens is 460 g/mol. The lowest BCUT2D eigenvalue weighted by Crippen LogP contribution is -2.36. The van der Waals surface area contributed by atoms with Crippen LogP contribution in [0.25, 0.3) is 0 Å². The lowest BCUT2D eigenvalue weighted by atomic mass is 10.0. The van der Waals surface area contributed by atoms with E-state index in [0.717, 1.165) is 25.0 Å². The van der Waals surface area contributed by atoms with Gasteiger partial charge in [-0.3, -0.25) is 9.59 Å². The molecule has 0 unspecified atom stereocenters. The highest BCUT2D eigenvalue weighted by Gasteiger charge is 2.42. The third kappa shape index (κ3) is 11.9. The maximum atomic E-state index is 11.9. The number of unbranched alkanes of at least 4 members (excludes halogenated alkanes) is 1. The Morgan fingerprint density at radius 3 is 2.21 bits per heavy atom. The summed E-state index contributed by atoms with van der Waals surface area (Å²) in [7, 11) is 0. The number of thioether (sulfide) groups is 1. The van der Waals surface area contributed by atoms with E-state index in [0.29, 0.717) is 77.2 Å². The Bertz CT molecular complexity index is 674. The molecule has 11 heteroatoms. The van der Waals surface area contributed by atoms with Gasteiger partial charge in [-0.1, -0.05) is 6.42 Å². The molecular formula is C23H38N4O6S. The second-order valence-electron chi connectivity index (χ2n) is 8.11. The molecule has 4 N–H and O–H groups in total. The van der Waals surface area contributed by atoms with Crippen LogP contribution in [0.5, 0.6) is 0 Å². The van der Waals surface area contributed by atoms with Gasteiger partial charge in [-0.15, -0.1) is 12.3 Å². The molecule has 2 aliphatic heterocycles. The van der Waals surface area contributed by atoms with E-state index in [4.69, 9.17) is 20.6 Å². The molecule has 2 aliphatic rings. The van der Waals surface area contributed by atoms with Gasteiger partial charge in [0.05, 0.1) is 51.7 Å². The van der Waals surface area contributed by atoms with Crippen molar-refractivity contribution in [2.75, 3.05) is 58.5 Å². The molecule has 4 amide bonds. The number of hydrogen-bond acceptors (Lipinski definition) is 7. The van der Waals surface area contributed by atoms with Crippen LogP contribution in [-0.2, 0) is 23.8 Å². The first-order chi connectivity index (χ1) is 16.6. The molecule has 2 saturated heterocycles. The zero-order valence-electron chi connectivity index (χ0n) is 19.8. The van der Waals surface area contributed by atoms with E-state index in [-0.39, 0.29) is 29.9 Å². The predicted molar refractivity (Wildman–Crippen MR) is 131 cm³/mol. The van der Waals surface area contributed by atoms with Crippen LogP contribution in [0.4, 0.5) is 4.79 Å². The lowest BCUT2D eigenvalue weighted by Gasteiger charge is -2.16. The first-order valence-corrected chi connectivity index (χ1v) is 13.0. The number of nitrogens with one attached hydrogen (secondary N) is 4. The SMILES string of the molecule is C#CCCC(=O)NCCOCCOCCOCCNC(=O)CCCC[C@@H]1SC[C@@H]2NC(=O)N[C@@H]21. The van der Waals surface area contributed by atoms with Crippen LogP contribution in [0, 0.1) is 12.3 Å². The first kappa shape index (κ1) is 28.2. The molecule has 2 fully saturated rings. The molecule has 0 aromatic rings. The number of terminal acetylenes is 1. The fourth-order valence-electron chi connectivity index (χ4n) is 3.70. The molecule has 0 saturated carbocycles. The van der Waals surface area contributed by atoms with Gasteiger partial charge >= 0.3 is 6.03 Å². The van der Waals surface area contributed by atoms with Crippen LogP contribution in [0.3, 0.4) is 0 Å². The highest BCUT2D eigenvalue weighted by atomic mass is 32.2. The van der Waals surface area contributed by atoms with E-state index in [2.05, 4.69) is 27.2 Å². The lowest BCUT2D eigenvalue weighted by molar-refractivity contribution is -0.122. The van der Waals surface area contributed by atoms with Crippen LogP contribution in [0.1, 0.15) is 38.5 Å². The zero-order valence-corrected chi connectivity index (χ0v) is 20.6. The van der Waals surface area contributed by atoms with Crippen molar-refractivity contribution in [2.45, 2.75) is 55.9 Å². The van der Waals surface area contributed by atoms with Crippen LogP contribution in [-0.4, -0.2) is 93.7 Å². The van der Waals surface area contributed by atoms with Gasteiger partial charge in [0.25, 0.3) is 0 Å². The second kappa shape index (κ2) is 17.4. The summed E-state index contributed by atoms with van der Waals surface area (Å²) in [5, 5.41) is 12.0. The highest BCUT2D eigenvalue weighted by molar-refractivity contribution is 8.00. The average Bonchev–Trinajstić information content (AvgIpc) is 3.37. The summed E-state index contributed by atoms with van der Waals surface area (Å²) >= 11 is 1.90. The predicted octanol–water partition coefficient (Wildman–Crippen LogP) is 0.408. The molecule has 2 heterocycles. The molecule has 0 aromatic heterocycles.